The molecule has 2 rings (SSSR count). The van der Waals surface area contributed by atoms with Gasteiger partial charge in [-0.3, -0.25) is 0 Å². The van der Waals surface area contributed by atoms with E-state index in [0.29, 0.717) is 12.0 Å². The van der Waals surface area contributed by atoms with Gasteiger partial charge in [-0.05, 0) is 38.0 Å². The number of hydrogen-bond acceptors (Lipinski definition) is 2. The van der Waals surface area contributed by atoms with Crippen molar-refractivity contribution >= 4 is 0 Å². The maximum atomic E-state index is 8.88. The monoisotopic (exact) mass is 192 g/mol. The molecule has 2 atom stereocenters. The summed E-state index contributed by atoms with van der Waals surface area (Å²) in [6.07, 6.45) is 7.40. The molecule has 1 N–H and O–H groups in total. The first-order chi connectivity index (χ1) is 6.78. The average molecular weight is 192 g/mol. The zero-order valence-electron chi connectivity index (χ0n) is 9.00. The molecular formula is C12H20N2. The van der Waals surface area contributed by atoms with Crippen molar-refractivity contribution in [3.05, 3.63) is 0 Å². The van der Waals surface area contributed by atoms with Crippen LogP contribution in [0.25, 0.3) is 0 Å². The fourth-order valence-electron chi connectivity index (χ4n) is 2.83. The summed E-state index contributed by atoms with van der Waals surface area (Å²) in [4.78, 5) is 0. The smallest absolute Gasteiger partial charge is 0.0656 e. The topological polar surface area (TPSA) is 35.8 Å². The molecule has 0 saturated heterocycles. The summed E-state index contributed by atoms with van der Waals surface area (Å²) < 4.78 is 0. The van der Waals surface area contributed by atoms with E-state index in [1.807, 2.05) is 0 Å². The van der Waals surface area contributed by atoms with Crippen LogP contribution in [0.15, 0.2) is 0 Å². The van der Waals surface area contributed by atoms with Crippen molar-refractivity contribution in [1.29, 1.82) is 5.26 Å². The van der Waals surface area contributed by atoms with E-state index >= 15 is 0 Å². The fraction of sp³-hybridized carbons (Fsp3) is 0.917. The molecule has 0 heterocycles. The quantitative estimate of drug-likeness (QED) is 0.729. The van der Waals surface area contributed by atoms with Crippen LogP contribution in [0.3, 0.4) is 0 Å². The molecule has 2 aliphatic carbocycles. The number of nitriles is 1. The third kappa shape index (κ3) is 2.27. The summed E-state index contributed by atoms with van der Waals surface area (Å²) >= 11 is 0. The lowest BCUT2D eigenvalue weighted by Gasteiger charge is -2.38. The van der Waals surface area contributed by atoms with Crippen LogP contribution < -0.4 is 5.32 Å². The fourth-order valence-corrected chi connectivity index (χ4v) is 2.83. The summed E-state index contributed by atoms with van der Waals surface area (Å²) in [6.45, 7) is 2.32. The molecule has 14 heavy (non-hydrogen) atoms. The van der Waals surface area contributed by atoms with Gasteiger partial charge >= 0.3 is 0 Å². The maximum absolute atomic E-state index is 8.88. The highest BCUT2D eigenvalue weighted by Gasteiger charge is 2.29. The summed E-state index contributed by atoms with van der Waals surface area (Å²) in [6, 6.07) is 3.80. The summed E-state index contributed by atoms with van der Waals surface area (Å²) in [5.74, 6) is 1.24. The van der Waals surface area contributed by atoms with Crippen molar-refractivity contribution in [3.63, 3.8) is 0 Å². The summed E-state index contributed by atoms with van der Waals surface area (Å²) in [7, 11) is 0. The second kappa shape index (κ2) is 4.31. The predicted octanol–water partition coefficient (Wildman–Crippen LogP) is 2.46. The van der Waals surface area contributed by atoms with Crippen molar-refractivity contribution in [2.24, 2.45) is 11.8 Å². The zero-order chi connectivity index (χ0) is 9.97. The summed E-state index contributed by atoms with van der Waals surface area (Å²) in [5, 5.41) is 12.6. The van der Waals surface area contributed by atoms with Gasteiger partial charge in [-0.25, -0.2) is 0 Å². The highest BCUT2D eigenvalue weighted by atomic mass is 15.0. The van der Waals surface area contributed by atoms with Gasteiger partial charge in [0.2, 0.25) is 0 Å². The van der Waals surface area contributed by atoms with E-state index in [1.165, 1.54) is 25.7 Å². The Morgan fingerprint density at radius 3 is 2.57 bits per heavy atom. The van der Waals surface area contributed by atoms with Gasteiger partial charge in [0.25, 0.3) is 0 Å². The van der Waals surface area contributed by atoms with Gasteiger partial charge in [-0.2, -0.15) is 5.26 Å². The molecule has 0 bridgehead atoms. The van der Waals surface area contributed by atoms with Crippen LogP contribution in [-0.4, -0.2) is 12.1 Å². The molecule has 0 aromatic rings. The maximum Gasteiger partial charge on any atom is 0.0656 e. The van der Waals surface area contributed by atoms with E-state index < -0.39 is 0 Å². The van der Waals surface area contributed by atoms with Crippen molar-refractivity contribution in [2.75, 3.05) is 0 Å². The Hall–Kier alpha value is -0.550. The molecule has 0 aliphatic heterocycles. The van der Waals surface area contributed by atoms with Crippen LogP contribution in [0.2, 0.25) is 0 Å². The van der Waals surface area contributed by atoms with Gasteiger partial charge in [-0.15, -0.1) is 0 Å². The Bertz CT molecular complexity index is 225. The molecule has 0 aromatic carbocycles. The largest absolute Gasteiger partial charge is 0.311 e. The van der Waals surface area contributed by atoms with Gasteiger partial charge in [0.1, 0.15) is 0 Å². The molecule has 2 saturated carbocycles. The Morgan fingerprint density at radius 1 is 1.14 bits per heavy atom. The Morgan fingerprint density at radius 2 is 1.93 bits per heavy atom. The number of hydrogen-bond donors (Lipinski definition) is 1. The molecular weight excluding hydrogens is 172 g/mol. The molecule has 2 aliphatic rings. The predicted molar refractivity (Wildman–Crippen MR) is 56.7 cm³/mol. The number of nitrogens with zero attached hydrogens (tertiary/aromatic N) is 1. The minimum atomic E-state index is 0.318. The van der Waals surface area contributed by atoms with E-state index in [0.717, 1.165) is 24.8 Å². The van der Waals surface area contributed by atoms with Gasteiger partial charge in [0, 0.05) is 18.0 Å². The molecule has 0 radical (unpaired) electrons. The first-order valence-corrected chi connectivity index (χ1v) is 5.93. The van der Waals surface area contributed by atoms with Crippen LogP contribution in [0.5, 0.6) is 0 Å². The number of nitrogens with one attached hydrogen (secondary N) is 1. The average Bonchev–Trinajstić information content (AvgIpc) is 2.16. The third-order valence-corrected chi connectivity index (χ3v) is 3.70. The molecule has 2 fully saturated rings. The standard InChI is InChI=1S/C12H20N2/c1-9-5-12(6-9)14-11-4-2-3-10(7-11)8-13/h9-12,14H,2-7H2,1H3. The third-order valence-electron chi connectivity index (χ3n) is 3.70. The van der Waals surface area contributed by atoms with E-state index in [9.17, 15) is 0 Å². The second-order valence-electron chi connectivity index (χ2n) is 5.13. The van der Waals surface area contributed by atoms with Crippen LogP contribution in [0.1, 0.15) is 45.4 Å². The second-order valence-corrected chi connectivity index (χ2v) is 5.13. The molecule has 78 valence electrons. The first-order valence-electron chi connectivity index (χ1n) is 5.93. The first kappa shape index (κ1) is 9.98. The van der Waals surface area contributed by atoms with Gasteiger partial charge < -0.3 is 5.32 Å². The van der Waals surface area contributed by atoms with Crippen LogP contribution >= 0.6 is 0 Å². The molecule has 0 amide bonds. The Balaban J connectivity index is 1.73. The Labute approximate surface area is 86.7 Å². The lowest BCUT2D eigenvalue weighted by atomic mass is 9.79. The molecule has 2 heteroatoms. The van der Waals surface area contributed by atoms with E-state index in [1.54, 1.807) is 0 Å². The van der Waals surface area contributed by atoms with Crippen molar-refractivity contribution in [2.45, 2.75) is 57.5 Å². The van der Waals surface area contributed by atoms with Crippen molar-refractivity contribution in [1.82, 2.24) is 5.32 Å². The van der Waals surface area contributed by atoms with Crippen LogP contribution in [-0.2, 0) is 0 Å². The Kier molecular flexibility index (Phi) is 3.08. The van der Waals surface area contributed by atoms with Gasteiger partial charge in [0.05, 0.1) is 6.07 Å². The zero-order valence-corrected chi connectivity index (χ0v) is 9.00. The molecule has 2 unspecified atom stereocenters. The summed E-state index contributed by atoms with van der Waals surface area (Å²) in [5.41, 5.74) is 0. The van der Waals surface area contributed by atoms with E-state index in [2.05, 4.69) is 18.3 Å². The molecule has 0 spiro atoms. The van der Waals surface area contributed by atoms with Crippen molar-refractivity contribution < 1.29 is 0 Å². The number of rotatable bonds is 2. The van der Waals surface area contributed by atoms with Gasteiger partial charge in [0.15, 0.2) is 0 Å². The molecule has 2 nitrogen and oxygen atoms in total. The highest BCUT2D eigenvalue weighted by molar-refractivity contribution is 4.93. The van der Waals surface area contributed by atoms with Crippen LogP contribution in [0.4, 0.5) is 0 Å². The van der Waals surface area contributed by atoms with E-state index in [-0.39, 0.29) is 0 Å². The SMILES string of the molecule is CC1CC(NC2CCCC(C#N)C2)C1. The van der Waals surface area contributed by atoms with E-state index in [4.69, 9.17) is 5.26 Å². The minimum Gasteiger partial charge on any atom is -0.311 e. The van der Waals surface area contributed by atoms with Gasteiger partial charge in [-0.1, -0.05) is 13.3 Å². The minimum absolute atomic E-state index is 0.318. The normalized spacial score (nSPS) is 42.6. The van der Waals surface area contributed by atoms with Crippen molar-refractivity contribution in [3.8, 4) is 6.07 Å². The van der Waals surface area contributed by atoms with Crippen LogP contribution in [0, 0.1) is 23.2 Å². The lowest BCUT2D eigenvalue weighted by Crippen LogP contribution is -2.47. The lowest BCUT2D eigenvalue weighted by molar-refractivity contribution is 0.196. The molecule has 0 aromatic heterocycles. The highest BCUT2D eigenvalue weighted by Crippen LogP contribution is 2.30.